The molecule has 0 spiro atoms. The summed E-state index contributed by atoms with van der Waals surface area (Å²) in [6.07, 6.45) is 0. The third-order valence-corrected chi connectivity index (χ3v) is 3.66. The van der Waals surface area contributed by atoms with Crippen LogP contribution < -0.4 is 15.4 Å². The second-order valence-electron chi connectivity index (χ2n) is 5.82. The Hall–Kier alpha value is -2.02. The minimum atomic E-state index is -0.230. The third kappa shape index (κ3) is 7.07. The van der Waals surface area contributed by atoms with Crippen molar-refractivity contribution in [1.29, 1.82) is 0 Å². The predicted octanol–water partition coefficient (Wildman–Crippen LogP) is 2.86. The van der Waals surface area contributed by atoms with E-state index in [9.17, 15) is 4.79 Å². The van der Waals surface area contributed by atoms with Crippen LogP contribution in [0, 0.1) is 13.8 Å². The van der Waals surface area contributed by atoms with Crippen LogP contribution >= 0.6 is 12.4 Å². The van der Waals surface area contributed by atoms with E-state index in [1.165, 1.54) is 5.56 Å². The molecule has 2 N–H and O–H groups in total. The fourth-order valence-electron chi connectivity index (χ4n) is 2.34. The van der Waals surface area contributed by atoms with Gasteiger partial charge >= 0.3 is 0 Å². The average Bonchev–Trinajstić information content (AvgIpc) is 3.06. The number of halogens is 1. The maximum absolute atomic E-state index is 12.0. The van der Waals surface area contributed by atoms with Crippen LogP contribution in [0.2, 0.25) is 0 Å². The molecular weight excluding hydrogens is 356 g/mol. The topological polar surface area (TPSA) is 72.7 Å². The van der Waals surface area contributed by atoms with Gasteiger partial charge in [-0.1, -0.05) is 17.7 Å². The highest BCUT2D eigenvalue weighted by atomic mass is 35.5. The van der Waals surface area contributed by atoms with E-state index in [2.05, 4.69) is 16.7 Å². The van der Waals surface area contributed by atoms with Gasteiger partial charge in [0.05, 0.1) is 6.61 Å². The van der Waals surface area contributed by atoms with Crippen molar-refractivity contribution in [3.8, 4) is 5.75 Å². The molecule has 0 atom stereocenters. The number of carbonyl (C=O) groups excluding carboxylic acids is 1. The minimum absolute atomic E-state index is 0. The summed E-state index contributed by atoms with van der Waals surface area (Å²) >= 11 is 0. The van der Waals surface area contributed by atoms with Gasteiger partial charge in [0, 0.05) is 26.7 Å². The van der Waals surface area contributed by atoms with Crippen molar-refractivity contribution in [2.45, 2.75) is 20.5 Å². The Labute approximate surface area is 160 Å². The van der Waals surface area contributed by atoms with Gasteiger partial charge in [0.25, 0.3) is 5.91 Å². The van der Waals surface area contributed by atoms with Crippen molar-refractivity contribution in [3.05, 3.63) is 53.0 Å². The molecule has 6 nitrogen and oxygen atoms in total. The van der Waals surface area contributed by atoms with Gasteiger partial charge in [0.1, 0.15) is 18.1 Å². The molecule has 0 fully saturated rings. The van der Waals surface area contributed by atoms with Crippen LogP contribution in [0.1, 0.15) is 27.4 Å². The molecular formula is C19H27ClN2O4. The Bertz CT molecular complexity index is 688. The van der Waals surface area contributed by atoms with Crippen molar-refractivity contribution < 1.29 is 18.7 Å². The smallest absolute Gasteiger partial charge is 0.287 e. The zero-order chi connectivity index (χ0) is 18.1. The second kappa shape index (κ2) is 11.6. The van der Waals surface area contributed by atoms with Crippen LogP contribution in [-0.4, -0.2) is 39.3 Å². The fraction of sp³-hybridized carbons (Fsp3) is 0.421. The van der Waals surface area contributed by atoms with E-state index in [0.29, 0.717) is 25.5 Å². The van der Waals surface area contributed by atoms with E-state index >= 15 is 0 Å². The number of amides is 1. The summed E-state index contributed by atoms with van der Waals surface area (Å²) in [6, 6.07) is 9.43. The Morgan fingerprint density at radius 2 is 1.92 bits per heavy atom. The number of ether oxygens (including phenoxy) is 2. The normalized spacial score (nSPS) is 10.3. The van der Waals surface area contributed by atoms with E-state index in [4.69, 9.17) is 13.9 Å². The predicted molar refractivity (Wildman–Crippen MR) is 103 cm³/mol. The molecule has 1 aromatic heterocycles. The van der Waals surface area contributed by atoms with Gasteiger partial charge in [0.2, 0.25) is 0 Å². The lowest BCUT2D eigenvalue weighted by atomic mass is 10.1. The Kier molecular flexibility index (Phi) is 9.80. The molecule has 7 heteroatoms. The number of rotatable bonds is 10. The third-order valence-electron chi connectivity index (χ3n) is 3.66. The first-order valence-corrected chi connectivity index (χ1v) is 8.37. The summed E-state index contributed by atoms with van der Waals surface area (Å²) in [5.74, 6) is 1.49. The SMILES string of the molecule is COCCNCCNC(=O)c1ccc(COc2ccc(C)cc2C)o1.Cl. The van der Waals surface area contributed by atoms with Crippen molar-refractivity contribution >= 4 is 18.3 Å². The van der Waals surface area contributed by atoms with E-state index in [0.717, 1.165) is 17.9 Å². The molecule has 0 saturated heterocycles. The van der Waals surface area contributed by atoms with Gasteiger partial charge in [-0.3, -0.25) is 4.79 Å². The molecule has 0 aliphatic heterocycles. The summed E-state index contributed by atoms with van der Waals surface area (Å²) in [5.41, 5.74) is 2.27. The monoisotopic (exact) mass is 382 g/mol. The quantitative estimate of drug-likeness (QED) is 0.618. The maximum Gasteiger partial charge on any atom is 0.287 e. The fourth-order valence-corrected chi connectivity index (χ4v) is 2.34. The van der Waals surface area contributed by atoms with Gasteiger partial charge in [0.15, 0.2) is 5.76 Å². The molecule has 0 saturated carbocycles. The molecule has 0 radical (unpaired) electrons. The van der Waals surface area contributed by atoms with Crippen LogP contribution in [0.25, 0.3) is 0 Å². The van der Waals surface area contributed by atoms with Gasteiger partial charge < -0.3 is 24.5 Å². The first-order chi connectivity index (χ1) is 12.1. The van der Waals surface area contributed by atoms with Crippen molar-refractivity contribution in [2.24, 2.45) is 0 Å². The number of methoxy groups -OCH3 is 1. The lowest BCUT2D eigenvalue weighted by molar-refractivity contribution is 0.0922. The highest BCUT2D eigenvalue weighted by Crippen LogP contribution is 2.20. The first kappa shape index (κ1) is 22.0. The van der Waals surface area contributed by atoms with Crippen molar-refractivity contribution in [3.63, 3.8) is 0 Å². The highest BCUT2D eigenvalue weighted by Gasteiger charge is 2.11. The number of hydrogen-bond donors (Lipinski definition) is 2. The van der Waals surface area contributed by atoms with Crippen LogP contribution in [0.5, 0.6) is 5.75 Å². The summed E-state index contributed by atoms with van der Waals surface area (Å²) in [7, 11) is 1.65. The number of furan rings is 1. The van der Waals surface area contributed by atoms with Gasteiger partial charge in [-0.2, -0.15) is 0 Å². The molecule has 0 aliphatic carbocycles. The Morgan fingerprint density at radius 1 is 1.12 bits per heavy atom. The molecule has 0 aliphatic rings. The molecule has 0 unspecified atom stereocenters. The number of nitrogens with one attached hydrogen (secondary N) is 2. The van der Waals surface area contributed by atoms with E-state index in [1.54, 1.807) is 19.2 Å². The van der Waals surface area contributed by atoms with Crippen molar-refractivity contribution in [2.75, 3.05) is 33.4 Å². The van der Waals surface area contributed by atoms with E-state index in [1.807, 2.05) is 26.0 Å². The zero-order valence-corrected chi connectivity index (χ0v) is 16.3. The summed E-state index contributed by atoms with van der Waals surface area (Å²) < 4.78 is 16.2. The van der Waals surface area contributed by atoms with E-state index < -0.39 is 0 Å². The number of aryl methyl sites for hydroxylation is 2. The maximum atomic E-state index is 12.0. The number of hydrogen-bond acceptors (Lipinski definition) is 5. The molecule has 2 rings (SSSR count). The largest absolute Gasteiger partial charge is 0.485 e. The van der Waals surface area contributed by atoms with Crippen molar-refractivity contribution in [1.82, 2.24) is 10.6 Å². The minimum Gasteiger partial charge on any atom is -0.485 e. The highest BCUT2D eigenvalue weighted by molar-refractivity contribution is 5.91. The van der Waals surface area contributed by atoms with Gasteiger partial charge in [-0.25, -0.2) is 0 Å². The summed E-state index contributed by atoms with van der Waals surface area (Å²) in [4.78, 5) is 12.0. The average molecular weight is 383 g/mol. The molecule has 1 aromatic carbocycles. The van der Waals surface area contributed by atoms with Crippen LogP contribution in [0.3, 0.4) is 0 Å². The second-order valence-corrected chi connectivity index (χ2v) is 5.82. The standard InChI is InChI=1S/C19H26N2O4.ClH/c1-14-4-6-17(15(2)12-14)24-13-16-5-7-18(25-16)19(22)21-9-8-20-10-11-23-3;/h4-7,12,20H,8-11,13H2,1-3H3,(H,21,22);1H. The van der Waals surface area contributed by atoms with Crippen LogP contribution in [-0.2, 0) is 11.3 Å². The molecule has 1 heterocycles. The lowest BCUT2D eigenvalue weighted by Crippen LogP contribution is -2.32. The zero-order valence-electron chi connectivity index (χ0n) is 15.5. The summed E-state index contributed by atoms with van der Waals surface area (Å²) in [5, 5.41) is 5.96. The Morgan fingerprint density at radius 3 is 2.65 bits per heavy atom. The Balaban J connectivity index is 0.00000338. The molecule has 0 bridgehead atoms. The van der Waals surface area contributed by atoms with Gasteiger partial charge in [-0.15, -0.1) is 12.4 Å². The lowest BCUT2D eigenvalue weighted by Gasteiger charge is -2.08. The van der Waals surface area contributed by atoms with Crippen LogP contribution in [0.4, 0.5) is 0 Å². The van der Waals surface area contributed by atoms with E-state index in [-0.39, 0.29) is 30.7 Å². The molecule has 1 amide bonds. The number of benzene rings is 1. The van der Waals surface area contributed by atoms with Gasteiger partial charge in [-0.05, 0) is 37.6 Å². The first-order valence-electron chi connectivity index (χ1n) is 8.37. The molecule has 26 heavy (non-hydrogen) atoms. The molecule has 2 aromatic rings. The summed E-state index contributed by atoms with van der Waals surface area (Å²) in [6.45, 7) is 6.94. The molecule has 144 valence electrons. The van der Waals surface area contributed by atoms with Crippen LogP contribution in [0.15, 0.2) is 34.7 Å². The number of carbonyl (C=O) groups is 1.